The van der Waals surface area contributed by atoms with Crippen molar-refractivity contribution in [2.75, 3.05) is 13.6 Å². The zero-order valence-electron chi connectivity index (χ0n) is 5.31. The Balaban J connectivity index is 2.68. The molecule has 1 nitrogen and oxygen atoms in total. The topological polar surface area (TPSA) is 14.1 Å². The number of rotatable bonds is 3. The van der Waals surface area contributed by atoms with Gasteiger partial charge in [-0.3, -0.25) is 0 Å². The Morgan fingerprint density at radius 1 is 1.43 bits per heavy atom. The van der Waals surface area contributed by atoms with Gasteiger partial charge >= 0.3 is 50.2 Å². The maximum atomic E-state index is 4.01. The van der Waals surface area contributed by atoms with Crippen LogP contribution in [0.2, 0.25) is 16.6 Å². The first-order valence-electron chi connectivity index (χ1n) is 2.47. The molecule has 0 aliphatic heterocycles. The van der Waals surface area contributed by atoms with Crippen LogP contribution in [0.1, 0.15) is 0 Å². The van der Waals surface area contributed by atoms with Crippen LogP contribution in [0.25, 0.3) is 0 Å². The molecular weight excluding hydrogens is 149 g/mol. The second-order valence-corrected chi connectivity index (χ2v) is 7.31. The second-order valence-electron chi connectivity index (χ2n) is 1.84. The van der Waals surface area contributed by atoms with Gasteiger partial charge in [0.05, 0.1) is 0 Å². The molecule has 1 radical (unpaired) electrons. The molecule has 0 aliphatic carbocycles. The molecule has 0 atom stereocenters. The SMILES string of the molecule is C[N]CC[As](C)C. The van der Waals surface area contributed by atoms with Crippen LogP contribution in [0.3, 0.4) is 0 Å². The van der Waals surface area contributed by atoms with Gasteiger partial charge in [0.15, 0.2) is 0 Å². The van der Waals surface area contributed by atoms with E-state index in [2.05, 4.69) is 16.7 Å². The summed E-state index contributed by atoms with van der Waals surface area (Å²) in [6.07, 6.45) is 0. The fraction of sp³-hybridized carbons (Fsp3) is 1.00. The van der Waals surface area contributed by atoms with Gasteiger partial charge in [0.25, 0.3) is 0 Å². The van der Waals surface area contributed by atoms with Crippen molar-refractivity contribution in [3.63, 3.8) is 0 Å². The predicted molar refractivity (Wildman–Crippen MR) is 35.2 cm³/mol. The number of hydrogen-bond acceptors (Lipinski definition) is 0. The molecule has 0 aromatic carbocycles. The van der Waals surface area contributed by atoms with Gasteiger partial charge in [0.2, 0.25) is 0 Å². The standard InChI is InChI=1S/C5H13AsN/c1-6(2)4-5-7-3/h4-5H2,1-3H3. The first kappa shape index (κ1) is 7.52. The molecular formula is C5H13AsN. The van der Waals surface area contributed by atoms with Crippen molar-refractivity contribution in [2.45, 2.75) is 16.6 Å². The van der Waals surface area contributed by atoms with Crippen LogP contribution in [0, 0.1) is 0 Å². The van der Waals surface area contributed by atoms with Gasteiger partial charge in [-0.1, -0.05) is 0 Å². The molecule has 0 aromatic heterocycles. The third-order valence-corrected chi connectivity index (χ3v) is 3.07. The van der Waals surface area contributed by atoms with E-state index < -0.39 is 0 Å². The molecule has 0 bridgehead atoms. The summed E-state index contributed by atoms with van der Waals surface area (Å²) in [4.78, 5) is 0. The molecule has 0 spiro atoms. The Morgan fingerprint density at radius 3 is 2.14 bits per heavy atom. The average molecular weight is 162 g/mol. The summed E-state index contributed by atoms with van der Waals surface area (Å²) >= 11 is -0.336. The first-order chi connectivity index (χ1) is 3.27. The van der Waals surface area contributed by atoms with E-state index in [9.17, 15) is 0 Å². The monoisotopic (exact) mass is 162 g/mol. The zero-order valence-corrected chi connectivity index (χ0v) is 7.19. The summed E-state index contributed by atoms with van der Waals surface area (Å²) in [6.45, 7) is 1.09. The fourth-order valence-corrected chi connectivity index (χ4v) is 1.56. The Bertz CT molecular complexity index is 37.1. The summed E-state index contributed by atoms with van der Waals surface area (Å²) in [5.41, 5.74) is 4.72. The van der Waals surface area contributed by atoms with Crippen molar-refractivity contribution in [3.8, 4) is 0 Å². The second kappa shape index (κ2) is 4.67. The summed E-state index contributed by atoms with van der Waals surface area (Å²) in [5.74, 6) is 0. The molecule has 0 aromatic rings. The average Bonchev–Trinajstić information content (AvgIpc) is 1.61. The van der Waals surface area contributed by atoms with E-state index in [4.69, 9.17) is 0 Å². The van der Waals surface area contributed by atoms with E-state index in [0.29, 0.717) is 0 Å². The molecule has 2 heteroatoms. The summed E-state index contributed by atoms with van der Waals surface area (Å²) in [7, 11) is 1.89. The van der Waals surface area contributed by atoms with Crippen molar-refractivity contribution in [3.05, 3.63) is 0 Å². The van der Waals surface area contributed by atoms with Crippen molar-refractivity contribution >= 4 is 14.7 Å². The third-order valence-electron chi connectivity index (χ3n) is 0.771. The van der Waals surface area contributed by atoms with Gasteiger partial charge in [0.1, 0.15) is 0 Å². The van der Waals surface area contributed by atoms with Gasteiger partial charge in [-0.05, 0) is 0 Å². The molecule has 0 unspecified atom stereocenters. The van der Waals surface area contributed by atoms with Gasteiger partial charge in [-0.25, -0.2) is 0 Å². The zero-order chi connectivity index (χ0) is 5.70. The molecule has 0 saturated carbocycles. The fourth-order valence-electron chi connectivity index (χ4n) is 0.300. The number of nitrogens with zero attached hydrogens (tertiary/aromatic N) is 1. The van der Waals surface area contributed by atoms with E-state index in [1.54, 1.807) is 0 Å². The molecule has 0 heterocycles. The molecule has 0 rings (SSSR count). The van der Waals surface area contributed by atoms with Crippen LogP contribution < -0.4 is 5.32 Å². The Morgan fingerprint density at radius 2 is 2.00 bits per heavy atom. The van der Waals surface area contributed by atoms with E-state index in [-0.39, 0.29) is 14.7 Å². The van der Waals surface area contributed by atoms with Crippen LogP contribution in [-0.2, 0) is 0 Å². The molecule has 0 N–H and O–H groups in total. The Hall–Kier alpha value is 0.518. The van der Waals surface area contributed by atoms with Gasteiger partial charge in [0, 0.05) is 0 Å². The number of hydrogen-bond donors (Lipinski definition) is 0. The molecule has 7 heavy (non-hydrogen) atoms. The van der Waals surface area contributed by atoms with Crippen LogP contribution in [0.5, 0.6) is 0 Å². The van der Waals surface area contributed by atoms with E-state index in [1.807, 2.05) is 7.05 Å². The third kappa shape index (κ3) is 6.52. The van der Waals surface area contributed by atoms with Crippen LogP contribution >= 0.6 is 0 Å². The minimum absolute atomic E-state index is 0.336. The molecule has 0 aliphatic rings. The molecule has 43 valence electrons. The van der Waals surface area contributed by atoms with Crippen LogP contribution in [-0.4, -0.2) is 28.2 Å². The van der Waals surface area contributed by atoms with Crippen molar-refractivity contribution in [2.24, 2.45) is 0 Å². The predicted octanol–water partition coefficient (Wildman–Crippen LogP) is 0.975. The minimum atomic E-state index is -0.336. The van der Waals surface area contributed by atoms with E-state index in [0.717, 1.165) is 6.54 Å². The van der Waals surface area contributed by atoms with Crippen LogP contribution in [0.4, 0.5) is 0 Å². The van der Waals surface area contributed by atoms with E-state index in [1.165, 1.54) is 5.21 Å². The summed E-state index contributed by atoms with van der Waals surface area (Å²) in [5, 5.41) is 5.39. The quantitative estimate of drug-likeness (QED) is 0.549. The molecule has 0 saturated heterocycles. The van der Waals surface area contributed by atoms with Crippen LogP contribution in [0.15, 0.2) is 0 Å². The van der Waals surface area contributed by atoms with Gasteiger partial charge in [-0.15, -0.1) is 0 Å². The van der Waals surface area contributed by atoms with Crippen molar-refractivity contribution in [1.82, 2.24) is 5.32 Å². The van der Waals surface area contributed by atoms with Gasteiger partial charge in [-0.2, -0.15) is 0 Å². The Kier molecular flexibility index (Phi) is 5.02. The van der Waals surface area contributed by atoms with Crippen molar-refractivity contribution in [1.29, 1.82) is 0 Å². The Labute approximate surface area is 50.7 Å². The summed E-state index contributed by atoms with van der Waals surface area (Å²) < 4.78 is 0. The van der Waals surface area contributed by atoms with Gasteiger partial charge < -0.3 is 0 Å². The first-order valence-corrected chi connectivity index (χ1v) is 7.55. The summed E-state index contributed by atoms with van der Waals surface area (Å²) in [6, 6.07) is 0. The maximum absolute atomic E-state index is 4.01. The molecule has 0 amide bonds. The van der Waals surface area contributed by atoms with E-state index >= 15 is 0 Å². The molecule has 0 fully saturated rings. The van der Waals surface area contributed by atoms with Crippen molar-refractivity contribution < 1.29 is 0 Å². The normalized spacial score (nSPS) is 10.3.